The van der Waals surface area contributed by atoms with E-state index in [1.165, 1.54) is 0 Å². The van der Waals surface area contributed by atoms with E-state index in [9.17, 15) is 0 Å². The quantitative estimate of drug-likeness (QED) is 0.517. The molecule has 0 saturated heterocycles. The molecular weight excluding hydrogens is 110 g/mol. The Morgan fingerprint density at radius 1 is 1.44 bits per heavy atom. The third kappa shape index (κ3) is 2.32. The molecule has 0 aromatic heterocycles. The second-order valence-corrected chi connectivity index (χ2v) is 2.67. The van der Waals surface area contributed by atoms with Crippen LogP contribution in [0.2, 0.25) is 0 Å². The van der Waals surface area contributed by atoms with Crippen LogP contribution < -0.4 is 0 Å². The van der Waals surface area contributed by atoms with Crippen LogP contribution in [0.1, 0.15) is 20.8 Å². The van der Waals surface area contributed by atoms with Crippen LogP contribution in [0.15, 0.2) is 12.2 Å². The largest absolute Gasteiger partial charge is 0.193 e. The zero-order chi connectivity index (χ0) is 7.44. The minimum atomic E-state index is 0.329. The molecule has 0 aliphatic carbocycles. The van der Waals surface area contributed by atoms with Gasteiger partial charge in [0.2, 0.25) is 0 Å². The minimum absolute atomic E-state index is 0.329. The summed E-state index contributed by atoms with van der Waals surface area (Å²) in [7, 11) is 0. The van der Waals surface area contributed by atoms with Crippen molar-refractivity contribution in [1.29, 1.82) is 5.26 Å². The number of nitriles is 1. The lowest BCUT2D eigenvalue weighted by molar-refractivity contribution is 0.491. The van der Waals surface area contributed by atoms with E-state index in [4.69, 9.17) is 5.26 Å². The fourth-order valence-electron chi connectivity index (χ4n) is 0.504. The SMILES string of the molecule is C=C(C#N)C(C)C(C)C. The predicted molar refractivity (Wildman–Crippen MR) is 38.8 cm³/mol. The number of hydrogen-bond acceptors (Lipinski definition) is 1. The van der Waals surface area contributed by atoms with Crippen molar-refractivity contribution in [2.75, 3.05) is 0 Å². The van der Waals surface area contributed by atoms with Crippen molar-refractivity contribution in [3.8, 4) is 6.07 Å². The Morgan fingerprint density at radius 2 is 1.89 bits per heavy atom. The average Bonchev–Trinajstić information content (AvgIpc) is 1.84. The van der Waals surface area contributed by atoms with Gasteiger partial charge in [-0.15, -0.1) is 0 Å². The van der Waals surface area contributed by atoms with Crippen LogP contribution in [0.25, 0.3) is 0 Å². The van der Waals surface area contributed by atoms with Crippen LogP contribution in [0.3, 0.4) is 0 Å². The van der Waals surface area contributed by atoms with Crippen LogP contribution in [0.5, 0.6) is 0 Å². The molecule has 0 fully saturated rings. The first-order chi connectivity index (χ1) is 4.09. The maximum absolute atomic E-state index is 8.40. The second kappa shape index (κ2) is 3.29. The monoisotopic (exact) mass is 123 g/mol. The van der Waals surface area contributed by atoms with Gasteiger partial charge in [0.25, 0.3) is 0 Å². The van der Waals surface area contributed by atoms with Crippen molar-refractivity contribution in [1.82, 2.24) is 0 Å². The Labute approximate surface area is 57.0 Å². The molecule has 0 rings (SSSR count). The molecule has 0 aromatic carbocycles. The van der Waals surface area contributed by atoms with Crippen molar-refractivity contribution >= 4 is 0 Å². The molecule has 9 heavy (non-hydrogen) atoms. The molecule has 0 saturated carbocycles. The summed E-state index contributed by atoms with van der Waals surface area (Å²) in [5.41, 5.74) is 0.685. The van der Waals surface area contributed by atoms with Gasteiger partial charge in [0.1, 0.15) is 0 Å². The molecule has 1 nitrogen and oxygen atoms in total. The second-order valence-electron chi connectivity index (χ2n) is 2.67. The Kier molecular flexibility index (Phi) is 3.01. The maximum Gasteiger partial charge on any atom is 0.0943 e. The average molecular weight is 123 g/mol. The molecule has 0 aromatic rings. The van der Waals surface area contributed by atoms with E-state index in [0.717, 1.165) is 0 Å². The molecule has 0 amide bonds. The topological polar surface area (TPSA) is 23.8 Å². The highest BCUT2D eigenvalue weighted by Gasteiger charge is 2.09. The summed E-state index contributed by atoms with van der Waals surface area (Å²) >= 11 is 0. The van der Waals surface area contributed by atoms with Gasteiger partial charge in [0, 0.05) is 5.57 Å². The van der Waals surface area contributed by atoms with E-state index in [-0.39, 0.29) is 0 Å². The highest BCUT2D eigenvalue weighted by atomic mass is 14.3. The van der Waals surface area contributed by atoms with Gasteiger partial charge in [-0.25, -0.2) is 0 Å². The van der Waals surface area contributed by atoms with Crippen molar-refractivity contribution in [2.45, 2.75) is 20.8 Å². The molecule has 0 spiro atoms. The van der Waals surface area contributed by atoms with Gasteiger partial charge in [-0.3, -0.25) is 0 Å². The van der Waals surface area contributed by atoms with E-state index in [2.05, 4.69) is 26.5 Å². The fourth-order valence-corrected chi connectivity index (χ4v) is 0.504. The third-order valence-electron chi connectivity index (χ3n) is 1.69. The minimum Gasteiger partial charge on any atom is -0.193 e. The standard InChI is InChI=1S/C8H13N/c1-6(2)8(4)7(3)5-9/h6,8H,3H2,1-2,4H3. The van der Waals surface area contributed by atoms with E-state index in [1.807, 2.05) is 6.92 Å². The highest BCUT2D eigenvalue weighted by Crippen LogP contribution is 2.16. The summed E-state index contributed by atoms with van der Waals surface area (Å²) in [6, 6.07) is 2.05. The fraction of sp³-hybridized carbons (Fsp3) is 0.625. The first-order valence-corrected chi connectivity index (χ1v) is 3.18. The van der Waals surface area contributed by atoms with E-state index >= 15 is 0 Å². The first kappa shape index (κ1) is 8.23. The molecule has 0 bridgehead atoms. The summed E-state index contributed by atoms with van der Waals surface area (Å²) in [6.45, 7) is 9.84. The highest BCUT2D eigenvalue weighted by molar-refractivity contribution is 5.18. The molecule has 0 heterocycles. The van der Waals surface area contributed by atoms with Crippen molar-refractivity contribution in [3.63, 3.8) is 0 Å². The molecule has 0 aliphatic rings. The molecular formula is C8H13N. The number of hydrogen-bond donors (Lipinski definition) is 0. The summed E-state index contributed by atoms with van der Waals surface area (Å²) < 4.78 is 0. The summed E-state index contributed by atoms with van der Waals surface area (Å²) in [6.07, 6.45) is 0. The van der Waals surface area contributed by atoms with E-state index < -0.39 is 0 Å². The van der Waals surface area contributed by atoms with Gasteiger partial charge >= 0.3 is 0 Å². The van der Waals surface area contributed by atoms with Gasteiger partial charge in [-0.1, -0.05) is 27.4 Å². The van der Waals surface area contributed by atoms with Crippen molar-refractivity contribution < 1.29 is 0 Å². The number of allylic oxidation sites excluding steroid dienone is 1. The van der Waals surface area contributed by atoms with Crippen LogP contribution in [-0.2, 0) is 0 Å². The number of rotatable bonds is 2. The molecule has 1 heteroatoms. The van der Waals surface area contributed by atoms with Gasteiger partial charge in [0.05, 0.1) is 6.07 Å². The van der Waals surface area contributed by atoms with Gasteiger partial charge < -0.3 is 0 Å². The molecule has 50 valence electrons. The van der Waals surface area contributed by atoms with Crippen LogP contribution in [0.4, 0.5) is 0 Å². The summed E-state index contributed by atoms with van der Waals surface area (Å²) in [4.78, 5) is 0. The molecule has 0 N–H and O–H groups in total. The zero-order valence-corrected chi connectivity index (χ0v) is 6.31. The Hall–Kier alpha value is -0.770. The summed E-state index contributed by atoms with van der Waals surface area (Å²) in [5.74, 6) is 0.854. The molecule has 1 atom stereocenters. The maximum atomic E-state index is 8.40. The Bertz CT molecular complexity index is 139. The van der Waals surface area contributed by atoms with Crippen molar-refractivity contribution in [3.05, 3.63) is 12.2 Å². The third-order valence-corrected chi connectivity index (χ3v) is 1.69. The van der Waals surface area contributed by atoms with Crippen LogP contribution in [0, 0.1) is 23.2 Å². The van der Waals surface area contributed by atoms with Gasteiger partial charge in [-0.2, -0.15) is 5.26 Å². The predicted octanol–water partition coefficient (Wildman–Crippen LogP) is 2.36. The molecule has 1 unspecified atom stereocenters. The lowest BCUT2D eigenvalue weighted by atomic mass is 9.92. The normalized spacial score (nSPS) is 12.8. The van der Waals surface area contributed by atoms with E-state index in [0.29, 0.717) is 17.4 Å². The lowest BCUT2D eigenvalue weighted by Gasteiger charge is -2.11. The van der Waals surface area contributed by atoms with Crippen LogP contribution >= 0.6 is 0 Å². The van der Waals surface area contributed by atoms with Crippen molar-refractivity contribution in [2.24, 2.45) is 11.8 Å². The lowest BCUT2D eigenvalue weighted by Crippen LogP contribution is -2.04. The van der Waals surface area contributed by atoms with Crippen LogP contribution in [-0.4, -0.2) is 0 Å². The number of nitrogens with zero attached hydrogens (tertiary/aromatic N) is 1. The molecule has 0 radical (unpaired) electrons. The smallest absolute Gasteiger partial charge is 0.0943 e. The van der Waals surface area contributed by atoms with Gasteiger partial charge in [-0.05, 0) is 11.8 Å². The van der Waals surface area contributed by atoms with Gasteiger partial charge in [0.15, 0.2) is 0 Å². The Balaban J connectivity index is 3.92. The molecule has 0 aliphatic heterocycles. The van der Waals surface area contributed by atoms with E-state index in [1.54, 1.807) is 0 Å². The Morgan fingerprint density at radius 3 is 2.00 bits per heavy atom. The summed E-state index contributed by atoms with van der Waals surface area (Å²) in [5, 5.41) is 8.40. The zero-order valence-electron chi connectivity index (χ0n) is 6.31. The first-order valence-electron chi connectivity index (χ1n) is 3.18.